The van der Waals surface area contributed by atoms with E-state index < -0.39 is 0 Å². The van der Waals surface area contributed by atoms with Crippen molar-refractivity contribution in [2.45, 2.75) is 31.3 Å². The summed E-state index contributed by atoms with van der Waals surface area (Å²) < 4.78 is 0. The smallest absolute Gasteiger partial charge is 0.251 e. The van der Waals surface area contributed by atoms with E-state index in [9.17, 15) is 9.59 Å². The Morgan fingerprint density at radius 1 is 0.880 bits per heavy atom. The van der Waals surface area contributed by atoms with Gasteiger partial charge < -0.3 is 0 Å². The zero-order chi connectivity index (χ0) is 17.2. The Bertz CT molecular complexity index is 760. The summed E-state index contributed by atoms with van der Waals surface area (Å²) in [5.74, 6) is -0.101. The summed E-state index contributed by atoms with van der Waals surface area (Å²) in [5.41, 5.74) is 2.13. The number of hydrogen-bond acceptors (Lipinski definition) is 3. The molecule has 128 valence electrons. The number of rotatable bonds is 4. The number of imide groups is 1. The molecule has 0 bridgehead atoms. The van der Waals surface area contributed by atoms with Gasteiger partial charge in [0, 0.05) is 13.1 Å². The molecule has 2 heterocycles. The first-order chi connectivity index (χ1) is 12.3. The minimum atomic E-state index is -0.331. The molecule has 4 nitrogen and oxygen atoms in total. The Hall–Kier alpha value is -2.46. The van der Waals surface area contributed by atoms with Crippen LogP contribution in [0.1, 0.15) is 30.0 Å². The van der Waals surface area contributed by atoms with E-state index in [1.807, 2.05) is 60.7 Å². The standard InChI is InChI=1S/C21H22N2O2/c24-20-18-12-7-14-22(18)19(17-10-5-2-6-11-17)21(25)23(20)15-13-16-8-3-1-4-9-16/h1-6,8-11,18-19H,7,12-15H2/t18-,19-/m0/s1. The van der Waals surface area contributed by atoms with Crippen LogP contribution in [0.2, 0.25) is 0 Å². The van der Waals surface area contributed by atoms with Crippen LogP contribution in [-0.2, 0) is 16.0 Å². The third kappa shape index (κ3) is 2.98. The quantitative estimate of drug-likeness (QED) is 0.807. The minimum Gasteiger partial charge on any atom is -0.279 e. The van der Waals surface area contributed by atoms with Crippen LogP contribution in [0, 0.1) is 0 Å². The average Bonchev–Trinajstić information content (AvgIpc) is 3.13. The van der Waals surface area contributed by atoms with Gasteiger partial charge in [-0.25, -0.2) is 0 Å². The van der Waals surface area contributed by atoms with Gasteiger partial charge in [-0.15, -0.1) is 0 Å². The SMILES string of the molecule is O=C1[C@H](c2ccccc2)N2CCC[C@H]2C(=O)N1CCc1ccccc1. The molecule has 0 unspecified atom stereocenters. The molecule has 0 saturated carbocycles. The number of hydrogen-bond donors (Lipinski definition) is 0. The number of benzene rings is 2. The summed E-state index contributed by atoms with van der Waals surface area (Å²) in [4.78, 5) is 29.6. The highest BCUT2D eigenvalue weighted by molar-refractivity contribution is 6.03. The predicted molar refractivity (Wildman–Crippen MR) is 95.8 cm³/mol. The molecule has 0 spiro atoms. The van der Waals surface area contributed by atoms with E-state index in [-0.39, 0.29) is 23.9 Å². The van der Waals surface area contributed by atoms with Gasteiger partial charge >= 0.3 is 0 Å². The first kappa shape index (κ1) is 16.0. The molecule has 2 aromatic rings. The van der Waals surface area contributed by atoms with Crippen molar-refractivity contribution in [1.82, 2.24) is 9.80 Å². The number of carbonyl (C=O) groups is 2. The maximum atomic E-state index is 13.2. The van der Waals surface area contributed by atoms with Gasteiger partial charge in [-0.2, -0.15) is 0 Å². The Morgan fingerprint density at radius 3 is 2.28 bits per heavy atom. The fourth-order valence-corrected chi connectivity index (χ4v) is 4.02. The molecule has 0 aromatic heterocycles. The van der Waals surface area contributed by atoms with Crippen LogP contribution >= 0.6 is 0 Å². The van der Waals surface area contributed by atoms with Gasteiger partial charge in [0.1, 0.15) is 6.04 Å². The number of amides is 2. The lowest BCUT2D eigenvalue weighted by molar-refractivity contribution is -0.159. The third-order valence-corrected chi connectivity index (χ3v) is 5.26. The lowest BCUT2D eigenvalue weighted by Gasteiger charge is -2.41. The summed E-state index contributed by atoms with van der Waals surface area (Å²) in [6, 6.07) is 19.4. The van der Waals surface area contributed by atoms with Gasteiger partial charge in [0.15, 0.2) is 0 Å². The Kier molecular flexibility index (Phi) is 4.36. The van der Waals surface area contributed by atoms with E-state index in [1.54, 1.807) is 0 Å². The first-order valence-electron chi connectivity index (χ1n) is 8.95. The normalized spacial score (nSPS) is 23.8. The molecule has 0 aliphatic carbocycles. The molecule has 0 radical (unpaired) electrons. The molecular formula is C21H22N2O2. The van der Waals surface area contributed by atoms with Crippen molar-refractivity contribution in [1.29, 1.82) is 0 Å². The van der Waals surface area contributed by atoms with Crippen LogP contribution in [0.5, 0.6) is 0 Å². The molecular weight excluding hydrogens is 312 g/mol. The highest BCUT2D eigenvalue weighted by atomic mass is 16.2. The summed E-state index contributed by atoms with van der Waals surface area (Å²) in [7, 11) is 0. The summed E-state index contributed by atoms with van der Waals surface area (Å²) >= 11 is 0. The predicted octanol–water partition coefficient (Wildman–Crippen LogP) is 2.80. The zero-order valence-electron chi connectivity index (χ0n) is 14.2. The van der Waals surface area contributed by atoms with Crippen LogP contribution in [0.3, 0.4) is 0 Å². The van der Waals surface area contributed by atoms with E-state index in [0.717, 1.165) is 30.5 Å². The molecule has 2 aliphatic heterocycles. The highest BCUT2D eigenvalue weighted by Gasteiger charge is 2.48. The molecule has 2 saturated heterocycles. The highest BCUT2D eigenvalue weighted by Crippen LogP contribution is 2.36. The van der Waals surface area contributed by atoms with E-state index in [0.29, 0.717) is 13.0 Å². The largest absolute Gasteiger partial charge is 0.279 e. The van der Waals surface area contributed by atoms with Crippen LogP contribution < -0.4 is 0 Å². The molecule has 4 heteroatoms. The van der Waals surface area contributed by atoms with Crippen LogP contribution in [-0.4, -0.2) is 40.7 Å². The second kappa shape index (κ2) is 6.81. The van der Waals surface area contributed by atoms with Crippen molar-refractivity contribution in [3.8, 4) is 0 Å². The molecule has 25 heavy (non-hydrogen) atoms. The van der Waals surface area contributed by atoms with Gasteiger partial charge in [-0.05, 0) is 30.4 Å². The van der Waals surface area contributed by atoms with Crippen molar-refractivity contribution in [3.05, 3.63) is 71.8 Å². The van der Waals surface area contributed by atoms with Crippen LogP contribution in [0.4, 0.5) is 0 Å². The fraction of sp³-hybridized carbons (Fsp3) is 0.333. The Morgan fingerprint density at radius 2 is 1.56 bits per heavy atom. The van der Waals surface area contributed by atoms with Crippen molar-refractivity contribution in [3.63, 3.8) is 0 Å². The molecule has 0 N–H and O–H groups in total. The topological polar surface area (TPSA) is 40.6 Å². The van der Waals surface area contributed by atoms with Gasteiger partial charge in [0.2, 0.25) is 5.91 Å². The minimum absolute atomic E-state index is 0.0226. The van der Waals surface area contributed by atoms with Gasteiger partial charge in [0.25, 0.3) is 5.91 Å². The fourth-order valence-electron chi connectivity index (χ4n) is 4.02. The Balaban J connectivity index is 1.60. The van der Waals surface area contributed by atoms with E-state index in [2.05, 4.69) is 4.90 Å². The van der Waals surface area contributed by atoms with E-state index in [1.165, 1.54) is 4.90 Å². The maximum Gasteiger partial charge on any atom is 0.251 e. The lowest BCUT2D eigenvalue weighted by atomic mass is 9.98. The second-order valence-electron chi connectivity index (χ2n) is 6.77. The summed E-state index contributed by atoms with van der Waals surface area (Å²) in [6.45, 7) is 1.27. The van der Waals surface area contributed by atoms with Gasteiger partial charge in [-0.3, -0.25) is 19.4 Å². The monoisotopic (exact) mass is 334 g/mol. The molecule has 4 rings (SSSR count). The molecule has 2 amide bonds. The average molecular weight is 334 g/mol. The van der Waals surface area contributed by atoms with Crippen molar-refractivity contribution in [2.24, 2.45) is 0 Å². The van der Waals surface area contributed by atoms with Crippen molar-refractivity contribution < 1.29 is 9.59 Å². The summed E-state index contributed by atoms with van der Waals surface area (Å²) in [6.07, 6.45) is 2.52. The molecule has 2 fully saturated rings. The number of piperazine rings is 1. The summed E-state index contributed by atoms with van der Waals surface area (Å²) in [5, 5.41) is 0. The van der Waals surface area contributed by atoms with E-state index >= 15 is 0 Å². The zero-order valence-corrected chi connectivity index (χ0v) is 14.2. The molecule has 2 aromatic carbocycles. The Labute approximate surface area is 148 Å². The van der Waals surface area contributed by atoms with Crippen molar-refractivity contribution >= 4 is 11.8 Å². The van der Waals surface area contributed by atoms with Crippen molar-refractivity contribution in [2.75, 3.05) is 13.1 Å². The molecule has 2 aliphatic rings. The van der Waals surface area contributed by atoms with Gasteiger partial charge in [0.05, 0.1) is 6.04 Å². The number of carbonyl (C=O) groups excluding carboxylic acids is 2. The van der Waals surface area contributed by atoms with Crippen LogP contribution in [0.25, 0.3) is 0 Å². The van der Waals surface area contributed by atoms with E-state index in [4.69, 9.17) is 0 Å². The molecule has 2 atom stereocenters. The first-order valence-corrected chi connectivity index (χ1v) is 8.95. The number of fused-ring (bicyclic) bond motifs is 1. The lowest BCUT2D eigenvalue weighted by Crippen LogP contribution is -2.59. The number of nitrogens with zero attached hydrogens (tertiary/aromatic N) is 2. The maximum absolute atomic E-state index is 13.2. The second-order valence-corrected chi connectivity index (χ2v) is 6.77. The third-order valence-electron chi connectivity index (χ3n) is 5.26. The van der Waals surface area contributed by atoms with Gasteiger partial charge in [-0.1, -0.05) is 60.7 Å². The van der Waals surface area contributed by atoms with Crippen LogP contribution in [0.15, 0.2) is 60.7 Å².